The molecule has 3 rings (SSSR count). The highest BCUT2D eigenvalue weighted by Crippen LogP contribution is 2.33. The SMILES string of the molecule is O=C(CCC1CCCN1)Nc1ccc2c(c1)NC(=O)CS2. The molecule has 2 aliphatic rings. The van der Waals surface area contributed by atoms with Crippen LogP contribution in [0.5, 0.6) is 0 Å². The summed E-state index contributed by atoms with van der Waals surface area (Å²) >= 11 is 1.52. The summed E-state index contributed by atoms with van der Waals surface area (Å²) in [6.07, 6.45) is 3.77. The minimum Gasteiger partial charge on any atom is -0.326 e. The smallest absolute Gasteiger partial charge is 0.234 e. The molecular formula is C15H19N3O2S. The third-order valence-electron chi connectivity index (χ3n) is 3.78. The van der Waals surface area contributed by atoms with Crippen molar-refractivity contribution in [3.05, 3.63) is 18.2 Å². The Kier molecular flexibility index (Phi) is 4.45. The second-order valence-corrected chi connectivity index (χ2v) is 6.45. The van der Waals surface area contributed by atoms with E-state index in [0.29, 0.717) is 18.2 Å². The van der Waals surface area contributed by atoms with Crippen molar-refractivity contribution in [2.24, 2.45) is 0 Å². The molecule has 21 heavy (non-hydrogen) atoms. The van der Waals surface area contributed by atoms with Crippen molar-refractivity contribution in [1.82, 2.24) is 5.32 Å². The molecule has 2 heterocycles. The first-order valence-electron chi connectivity index (χ1n) is 7.30. The predicted molar refractivity (Wildman–Crippen MR) is 84.7 cm³/mol. The molecule has 0 aromatic heterocycles. The van der Waals surface area contributed by atoms with Gasteiger partial charge < -0.3 is 16.0 Å². The van der Waals surface area contributed by atoms with Crippen LogP contribution in [0.25, 0.3) is 0 Å². The fraction of sp³-hybridized carbons (Fsp3) is 0.467. The average molecular weight is 305 g/mol. The second-order valence-electron chi connectivity index (χ2n) is 5.43. The van der Waals surface area contributed by atoms with Crippen LogP contribution in [0.2, 0.25) is 0 Å². The van der Waals surface area contributed by atoms with E-state index in [1.807, 2.05) is 18.2 Å². The highest BCUT2D eigenvalue weighted by Gasteiger charge is 2.17. The molecular weight excluding hydrogens is 286 g/mol. The van der Waals surface area contributed by atoms with Gasteiger partial charge in [0, 0.05) is 23.0 Å². The van der Waals surface area contributed by atoms with Crippen LogP contribution >= 0.6 is 11.8 Å². The number of thioether (sulfide) groups is 1. The van der Waals surface area contributed by atoms with E-state index >= 15 is 0 Å². The lowest BCUT2D eigenvalue weighted by Gasteiger charge is -2.17. The lowest BCUT2D eigenvalue weighted by atomic mass is 10.1. The molecule has 1 fully saturated rings. The number of anilines is 2. The quantitative estimate of drug-likeness (QED) is 0.797. The normalized spacial score (nSPS) is 20.8. The minimum atomic E-state index is 0.00304. The number of benzene rings is 1. The van der Waals surface area contributed by atoms with Gasteiger partial charge in [0.15, 0.2) is 0 Å². The number of rotatable bonds is 4. The van der Waals surface area contributed by atoms with Crippen molar-refractivity contribution in [2.75, 3.05) is 22.9 Å². The van der Waals surface area contributed by atoms with Crippen LogP contribution < -0.4 is 16.0 Å². The highest BCUT2D eigenvalue weighted by molar-refractivity contribution is 8.00. The number of fused-ring (bicyclic) bond motifs is 1. The minimum absolute atomic E-state index is 0.00304. The Morgan fingerprint density at radius 2 is 2.33 bits per heavy atom. The Balaban J connectivity index is 1.55. The van der Waals surface area contributed by atoms with Crippen LogP contribution in [0.4, 0.5) is 11.4 Å². The van der Waals surface area contributed by atoms with Gasteiger partial charge >= 0.3 is 0 Å². The topological polar surface area (TPSA) is 70.2 Å². The summed E-state index contributed by atoms with van der Waals surface area (Å²) < 4.78 is 0. The summed E-state index contributed by atoms with van der Waals surface area (Å²) in [5.74, 6) is 0.481. The molecule has 0 radical (unpaired) electrons. The highest BCUT2D eigenvalue weighted by atomic mass is 32.2. The number of nitrogens with one attached hydrogen (secondary N) is 3. The van der Waals surface area contributed by atoms with E-state index in [9.17, 15) is 9.59 Å². The summed E-state index contributed by atoms with van der Waals surface area (Å²) in [5, 5.41) is 9.12. The van der Waals surface area contributed by atoms with Crippen molar-refractivity contribution in [3.8, 4) is 0 Å². The first-order valence-corrected chi connectivity index (χ1v) is 8.29. The van der Waals surface area contributed by atoms with E-state index in [0.717, 1.165) is 35.7 Å². The van der Waals surface area contributed by atoms with Gasteiger partial charge in [-0.25, -0.2) is 0 Å². The van der Waals surface area contributed by atoms with Crippen molar-refractivity contribution in [3.63, 3.8) is 0 Å². The first-order chi connectivity index (χ1) is 10.2. The van der Waals surface area contributed by atoms with Crippen molar-refractivity contribution in [2.45, 2.75) is 36.6 Å². The molecule has 6 heteroatoms. The van der Waals surface area contributed by atoms with Gasteiger partial charge in [-0.1, -0.05) is 0 Å². The molecule has 112 valence electrons. The monoisotopic (exact) mass is 305 g/mol. The molecule has 0 bridgehead atoms. The maximum Gasteiger partial charge on any atom is 0.234 e. The van der Waals surface area contributed by atoms with Crippen LogP contribution in [0.15, 0.2) is 23.1 Å². The first kappa shape index (κ1) is 14.4. The van der Waals surface area contributed by atoms with Crippen LogP contribution in [-0.4, -0.2) is 30.2 Å². The van der Waals surface area contributed by atoms with Crippen LogP contribution in [0.3, 0.4) is 0 Å². The Hall–Kier alpha value is -1.53. The maximum atomic E-state index is 12.0. The van der Waals surface area contributed by atoms with Crippen LogP contribution in [0, 0.1) is 0 Å². The lowest BCUT2D eigenvalue weighted by Crippen LogP contribution is -2.23. The molecule has 1 saturated heterocycles. The number of carbonyl (C=O) groups is 2. The largest absolute Gasteiger partial charge is 0.326 e. The molecule has 1 atom stereocenters. The Morgan fingerprint density at radius 3 is 3.14 bits per heavy atom. The average Bonchev–Trinajstić information content (AvgIpc) is 2.98. The summed E-state index contributed by atoms with van der Waals surface area (Å²) in [6, 6.07) is 6.13. The Bertz CT molecular complexity index is 556. The summed E-state index contributed by atoms with van der Waals surface area (Å²) in [5.41, 5.74) is 1.52. The van der Waals surface area contributed by atoms with Crippen LogP contribution in [-0.2, 0) is 9.59 Å². The molecule has 1 unspecified atom stereocenters. The third kappa shape index (κ3) is 3.77. The molecule has 2 aliphatic heterocycles. The van der Waals surface area contributed by atoms with Gasteiger partial charge in [-0.05, 0) is 44.0 Å². The molecule has 1 aromatic rings. The molecule has 5 nitrogen and oxygen atoms in total. The second kappa shape index (κ2) is 6.49. The third-order valence-corrected chi connectivity index (χ3v) is 4.85. The van der Waals surface area contributed by atoms with Gasteiger partial charge in [0.25, 0.3) is 0 Å². The fourth-order valence-corrected chi connectivity index (χ4v) is 3.48. The molecule has 2 amide bonds. The zero-order valence-electron chi connectivity index (χ0n) is 11.8. The zero-order valence-corrected chi connectivity index (χ0v) is 12.6. The van der Waals surface area contributed by atoms with Gasteiger partial charge in [0.2, 0.25) is 11.8 Å². The molecule has 0 aliphatic carbocycles. The number of hydrogen-bond donors (Lipinski definition) is 3. The molecule has 0 spiro atoms. The van der Waals surface area contributed by atoms with E-state index in [1.165, 1.54) is 18.2 Å². The number of amides is 2. The molecule has 3 N–H and O–H groups in total. The molecule has 1 aromatic carbocycles. The van der Waals surface area contributed by atoms with Gasteiger partial charge in [-0.3, -0.25) is 9.59 Å². The fourth-order valence-electron chi connectivity index (χ4n) is 2.69. The van der Waals surface area contributed by atoms with E-state index in [-0.39, 0.29) is 11.8 Å². The van der Waals surface area contributed by atoms with E-state index < -0.39 is 0 Å². The van der Waals surface area contributed by atoms with Gasteiger partial charge in [-0.15, -0.1) is 11.8 Å². The van der Waals surface area contributed by atoms with E-state index in [2.05, 4.69) is 16.0 Å². The van der Waals surface area contributed by atoms with Gasteiger partial charge in [-0.2, -0.15) is 0 Å². The van der Waals surface area contributed by atoms with E-state index in [1.54, 1.807) is 0 Å². The van der Waals surface area contributed by atoms with Crippen molar-refractivity contribution in [1.29, 1.82) is 0 Å². The number of carbonyl (C=O) groups excluding carboxylic acids is 2. The van der Waals surface area contributed by atoms with Gasteiger partial charge in [0.05, 0.1) is 11.4 Å². The van der Waals surface area contributed by atoms with Crippen LogP contribution in [0.1, 0.15) is 25.7 Å². The summed E-state index contributed by atoms with van der Waals surface area (Å²) in [6.45, 7) is 1.06. The lowest BCUT2D eigenvalue weighted by molar-refractivity contribution is -0.116. The standard InChI is InChI=1S/C15H19N3O2S/c19-14(6-4-10-2-1-7-16-10)17-11-3-5-13-12(8-11)18-15(20)9-21-13/h3,5,8,10,16H,1-2,4,6-7,9H2,(H,17,19)(H,18,20). The predicted octanol–water partition coefficient (Wildman–Crippen LogP) is 2.20. The zero-order chi connectivity index (χ0) is 14.7. The number of hydrogen-bond acceptors (Lipinski definition) is 4. The summed E-state index contributed by atoms with van der Waals surface area (Å²) in [7, 11) is 0. The molecule has 0 saturated carbocycles. The summed E-state index contributed by atoms with van der Waals surface area (Å²) in [4.78, 5) is 24.4. The maximum absolute atomic E-state index is 12.0. The Labute approximate surface area is 128 Å². The van der Waals surface area contributed by atoms with E-state index in [4.69, 9.17) is 0 Å². The van der Waals surface area contributed by atoms with Gasteiger partial charge in [0.1, 0.15) is 0 Å². The van der Waals surface area contributed by atoms with Crippen molar-refractivity contribution >= 4 is 35.0 Å². The van der Waals surface area contributed by atoms with Crippen molar-refractivity contribution < 1.29 is 9.59 Å². The Morgan fingerprint density at radius 1 is 1.43 bits per heavy atom.